The molecule has 2 aromatic rings. The Kier molecular flexibility index (Phi) is 6.66. The quantitative estimate of drug-likeness (QED) is 0.511. The molecule has 6 nitrogen and oxygen atoms in total. The summed E-state index contributed by atoms with van der Waals surface area (Å²) in [7, 11) is 1.56. The molecule has 148 valence electrons. The van der Waals surface area contributed by atoms with E-state index in [1.54, 1.807) is 62.6 Å². The molecule has 0 aromatic heterocycles. The minimum atomic E-state index is -0.892. The van der Waals surface area contributed by atoms with E-state index in [1.165, 1.54) is 0 Å². The number of ether oxygens (including phenoxy) is 4. The maximum Gasteiger partial charge on any atom is 0.338 e. The van der Waals surface area contributed by atoms with Gasteiger partial charge in [0.2, 0.25) is 5.78 Å². The summed E-state index contributed by atoms with van der Waals surface area (Å²) >= 11 is 0. The molecular formula is C22H24O6. The van der Waals surface area contributed by atoms with E-state index in [0.717, 1.165) is 19.4 Å². The lowest BCUT2D eigenvalue weighted by atomic mass is 10.1. The first kappa shape index (κ1) is 19.9. The van der Waals surface area contributed by atoms with Gasteiger partial charge in [0.1, 0.15) is 18.1 Å². The second-order valence-corrected chi connectivity index (χ2v) is 6.61. The molecule has 1 aliphatic rings. The van der Waals surface area contributed by atoms with Gasteiger partial charge in [-0.25, -0.2) is 4.79 Å². The first-order valence-electron chi connectivity index (χ1n) is 9.30. The van der Waals surface area contributed by atoms with Gasteiger partial charge in [0.05, 0.1) is 18.8 Å². The summed E-state index contributed by atoms with van der Waals surface area (Å²) < 4.78 is 21.6. The summed E-state index contributed by atoms with van der Waals surface area (Å²) in [6, 6.07) is 13.3. The smallest absolute Gasteiger partial charge is 0.338 e. The highest BCUT2D eigenvalue weighted by Gasteiger charge is 2.21. The van der Waals surface area contributed by atoms with Crippen molar-refractivity contribution in [2.45, 2.75) is 32.0 Å². The zero-order chi connectivity index (χ0) is 19.9. The molecule has 1 aliphatic heterocycles. The van der Waals surface area contributed by atoms with Crippen LogP contribution in [0.5, 0.6) is 11.5 Å². The number of Topliss-reactive ketones (excluding diaryl/α,β-unsaturated/α-hetero) is 1. The minimum Gasteiger partial charge on any atom is -0.497 e. The summed E-state index contributed by atoms with van der Waals surface area (Å²) in [6.45, 7) is 2.84. The Morgan fingerprint density at radius 3 is 2.29 bits per heavy atom. The van der Waals surface area contributed by atoms with Gasteiger partial charge < -0.3 is 18.9 Å². The van der Waals surface area contributed by atoms with E-state index in [4.69, 9.17) is 18.9 Å². The molecule has 1 saturated heterocycles. The van der Waals surface area contributed by atoms with E-state index in [1.807, 2.05) is 0 Å². The fourth-order valence-corrected chi connectivity index (χ4v) is 2.92. The van der Waals surface area contributed by atoms with Gasteiger partial charge in [0, 0.05) is 12.2 Å². The van der Waals surface area contributed by atoms with Crippen molar-refractivity contribution in [3.05, 3.63) is 59.7 Å². The lowest BCUT2D eigenvalue weighted by molar-refractivity contribution is 0.0318. The number of hydrogen-bond donors (Lipinski definition) is 0. The lowest BCUT2D eigenvalue weighted by Gasteiger charge is -2.14. The second-order valence-electron chi connectivity index (χ2n) is 6.61. The number of esters is 1. The average Bonchev–Trinajstić information content (AvgIpc) is 3.25. The lowest BCUT2D eigenvalue weighted by Crippen LogP contribution is -2.24. The minimum absolute atomic E-state index is 0.134. The van der Waals surface area contributed by atoms with E-state index in [9.17, 15) is 9.59 Å². The van der Waals surface area contributed by atoms with Crippen LogP contribution < -0.4 is 9.47 Å². The second kappa shape index (κ2) is 9.37. The first-order chi connectivity index (χ1) is 13.6. The van der Waals surface area contributed by atoms with Crippen LogP contribution in [0.25, 0.3) is 0 Å². The SMILES string of the molecule is COc1ccc(C(=O)[C@H](C)OC(=O)c2ccc(OC[C@@H]3CCCO3)cc2)cc1. The van der Waals surface area contributed by atoms with E-state index in [-0.39, 0.29) is 11.9 Å². The summed E-state index contributed by atoms with van der Waals surface area (Å²) in [5.41, 5.74) is 0.817. The Labute approximate surface area is 164 Å². The molecule has 2 atom stereocenters. The van der Waals surface area contributed by atoms with Gasteiger partial charge in [0.25, 0.3) is 0 Å². The molecule has 0 aliphatic carbocycles. The number of carbonyl (C=O) groups excluding carboxylic acids is 2. The first-order valence-corrected chi connectivity index (χ1v) is 9.30. The van der Waals surface area contributed by atoms with Gasteiger partial charge >= 0.3 is 5.97 Å². The molecule has 1 heterocycles. The van der Waals surface area contributed by atoms with E-state index < -0.39 is 12.1 Å². The van der Waals surface area contributed by atoms with E-state index in [2.05, 4.69) is 0 Å². The third-order valence-corrected chi connectivity index (χ3v) is 4.58. The number of rotatable bonds is 8. The van der Waals surface area contributed by atoms with E-state index in [0.29, 0.717) is 29.2 Å². The number of ketones is 1. The zero-order valence-corrected chi connectivity index (χ0v) is 16.1. The van der Waals surface area contributed by atoms with Crippen LogP contribution in [0.4, 0.5) is 0 Å². The predicted molar refractivity (Wildman–Crippen MR) is 103 cm³/mol. The van der Waals surface area contributed by atoms with Crippen LogP contribution >= 0.6 is 0 Å². The van der Waals surface area contributed by atoms with Crippen LogP contribution in [0.15, 0.2) is 48.5 Å². The summed E-state index contributed by atoms with van der Waals surface area (Å²) in [5, 5.41) is 0. The summed E-state index contributed by atoms with van der Waals surface area (Å²) in [5.74, 6) is 0.491. The highest BCUT2D eigenvalue weighted by atomic mass is 16.5. The Hall–Kier alpha value is -2.86. The zero-order valence-electron chi connectivity index (χ0n) is 16.1. The molecule has 0 spiro atoms. The maximum atomic E-state index is 12.4. The van der Waals surface area contributed by atoms with E-state index >= 15 is 0 Å². The van der Waals surface area contributed by atoms with Crippen LogP contribution in [0, 0.1) is 0 Å². The predicted octanol–water partition coefficient (Wildman–Crippen LogP) is 3.68. The Morgan fingerprint density at radius 2 is 1.68 bits per heavy atom. The van der Waals surface area contributed by atoms with Crippen molar-refractivity contribution in [1.82, 2.24) is 0 Å². The highest BCUT2D eigenvalue weighted by molar-refractivity contribution is 6.01. The van der Waals surface area contributed by atoms with Crippen LogP contribution in [-0.4, -0.2) is 44.3 Å². The monoisotopic (exact) mass is 384 g/mol. The molecule has 28 heavy (non-hydrogen) atoms. The molecule has 0 radical (unpaired) electrons. The standard InChI is InChI=1S/C22H24O6/c1-15(21(23)16-5-9-18(25-2)10-6-16)28-22(24)17-7-11-19(12-8-17)27-14-20-4-3-13-26-20/h5-12,15,20H,3-4,13-14H2,1-2H3/t15-,20-/m0/s1. The Bertz CT molecular complexity index is 791. The third kappa shape index (κ3) is 5.10. The molecule has 6 heteroatoms. The van der Waals surface area contributed by atoms with Gasteiger partial charge in [-0.3, -0.25) is 4.79 Å². The normalized spacial score (nSPS) is 17.0. The number of benzene rings is 2. The Balaban J connectivity index is 1.53. The summed E-state index contributed by atoms with van der Waals surface area (Å²) in [4.78, 5) is 24.7. The van der Waals surface area contributed by atoms with Crippen molar-refractivity contribution in [2.24, 2.45) is 0 Å². The molecule has 0 N–H and O–H groups in total. The number of carbonyl (C=O) groups is 2. The Morgan fingerprint density at radius 1 is 1.04 bits per heavy atom. The third-order valence-electron chi connectivity index (χ3n) is 4.58. The molecule has 0 unspecified atom stereocenters. The van der Waals surface area contributed by atoms with Gasteiger partial charge in [-0.1, -0.05) is 0 Å². The molecule has 0 amide bonds. The molecule has 0 saturated carbocycles. The van der Waals surface area contributed by atoms with Gasteiger partial charge in [0.15, 0.2) is 6.10 Å². The van der Waals surface area contributed by atoms with Crippen LogP contribution in [0.2, 0.25) is 0 Å². The van der Waals surface area contributed by atoms with Crippen molar-refractivity contribution >= 4 is 11.8 Å². The number of methoxy groups -OCH3 is 1. The van der Waals surface area contributed by atoms with Crippen molar-refractivity contribution in [1.29, 1.82) is 0 Å². The molecule has 3 rings (SSSR count). The highest BCUT2D eigenvalue weighted by Crippen LogP contribution is 2.18. The maximum absolute atomic E-state index is 12.4. The topological polar surface area (TPSA) is 71.1 Å². The van der Waals surface area contributed by atoms with Crippen LogP contribution in [0.3, 0.4) is 0 Å². The van der Waals surface area contributed by atoms with Crippen molar-refractivity contribution in [3.63, 3.8) is 0 Å². The molecule has 2 aromatic carbocycles. The van der Waals surface area contributed by atoms with Crippen molar-refractivity contribution in [2.75, 3.05) is 20.3 Å². The fraction of sp³-hybridized carbons (Fsp3) is 0.364. The van der Waals surface area contributed by atoms with Crippen molar-refractivity contribution < 1.29 is 28.5 Å². The largest absolute Gasteiger partial charge is 0.497 e. The fourth-order valence-electron chi connectivity index (χ4n) is 2.92. The molecular weight excluding hydrogens is 360 g/mol. The van der Waals surface area contributed by atoms with Gasteiger partial charge in [-0.15, -0.1) is 0 Å². The molecule has 1 fully saturated rings. The van der Waals surface area contributed by atoms with Crippen molar-refractivity contribution in [3.8, 4) is 11.5 Å². The molecule has 0 bridgehead atoms. The van der Waals surface area contributed by atoms with Crippen LogP contribution in [0.1, 0.15) is 40.5 Å². The average molecular weight is 384 g/mol. The van der Waals surface area contributed by atoms with Gasteiger partial charge in [-0.2, -0.15) is 0 Å². The van der Waals surface area contributed by atoms with Gasteiger partial charge in [-0.05, 0) is 68.3 Å². The number of hydrogen-bond acceptors (Lipinski definition) is 6. The van der Waals surface area contributed by atoms with Crippen LogP contribution in [-0.2, 0) is 9.47 Å². The summed E-state index contributed by atoms with van der Waals surface area (Å²) in [6.07, 6.45) is 1.31.